The van der Waals surface area contributed by atoms with Crippen LogP contribution in [0.4, 0.5) is 0 Å². The Kier molecular flexibility index (Phi) is 3.66. The van der Waals surface area contributed by atoms with Crippen molar-refractivity contribution in [3.8, 4) is 0 Å². The van der Waals surface area contributed by atoms with Gasteiger partial charge >= 0.3 is 0 Å². The van der Waals surface area contributed by atoms with E-state index in [9.17, 15) is 4.79 Å². The molecule has 0 saturated carbocycles. The Bertz CT molecular complexity index is 537. The van der Waals surface area contributed by atoms with E-state index in [1.54, 1.807) is 36.7 Å². The fraction of sp³-hybridized carbons (Fsp3) is 0. The lowest BCUT2D eigenvalue weighted by Crippen LogP contribution is -2.17. The van der Waals surface area contributed by atoms with Gasteiger partial charge in [-0.1, -0.05) is 0 Å². The molecule has 0 unspecified atom stereocenters. The van der Waals surface area contributed by atoms with Gasteiger partial charge in [0.2, 0.25) is 0 Å². The van der Waals surface area contributed by atoms with E-state index in [4.69, 9.17) is 4.42 Å². The van der Waals surface area contributed by atoms with Crippen molar-refractivity contribution in [3.63, 3.8) is 0 Å². The Morgan fingerprint density at radius 2 is 2.12 bits per heavy atom. The quantitative estimate of drug-likeness (QED) is 0.697. The first-order chi connectivity index (χ1) is 8.25. The van der Waals surface area contributed by atoms with Crippen LogP contribution < -0.4 is 5.43 Å². The second-order valence-corrected chi connectivity index (χ2v) is 3.86. The predicted octanol–water partition coefficient (Wildman–Crippen LogP) is 2.20. The Morgan fingerprint density at radius 3 is 2.76 bits per heavy atom. The van der Waals surface area contributed by atoms with Gasteiger partial charge in [-0.15, -0.1) is 0 Å². The van der Waals surface area contributed by atoms with Crippen LogP contribution in [0.25, 0.3) is 0 Å². The minimum atomic E-state index is -0.297. The molecule has 0 spiro atoms. The van der Waals surface area contributed by atoms with Gasteiger partial charge in [-0.2, -0.15) is 5.10 Å². The first kappa shape index (κ1) is 11.5. The zero-order valence-corrected chi connectivity index (χ0v) is 10.2. The molecule has 2 rings (SSSR count). The van der Waals surface area contributed by atoms with E-state index < -0.39 is 0 Å². The Hall–Kier alpha value is -1.95. The summed E-state index contributed by atoms with van der Waals surface area (Å²) in [5.74, 6) is 0.251. The molecule has 2 aromatic heterocycles. The van der Waals surface area contributed by atoms with Crippen LogP contribution in [-0.4, -0.2) is 17.1 Å². The van der Waals surface area contributed by atoms with E-state index in [2.05, 4.69) is 31.4 Å². The molecular weight excluding hydrogens is 286 g/mol. The number of furan rings is 1. The smallest absolute Gasteiger partial charge is 0.271 e. The van der Waals surface area contributed by atoms with Crippen molar-refractivity contribution < 1.29 is 9.21 Å². The topological polar surface area (TPSA) is 67.5 Å². The Labute approximate surface area is 106 Å². The fourth-order valence-corrected chi connectivity index (χ4v) is 1.44. The molecule has 0 aliphatic carbocycles. The second kappa shape index (κ2) is 5.40. The average molecular weight is 294 g/mol. The molecule has 0 saturated heterocycles. The number of pyridine rings is 1. The second-order valence-electron chi connectivity index (χ2n) is 3.08. The monoisotopic (exact) mass is 293 g/mol. The van der Waals surface area contributed by atoms with Gasteiger partial charge in [-0.3, -0.25) is 9.78 Å². The summed E-state index contributed by atoms with van der Waals surface area (Å²) in [6.45, 7) is 0. The number of nitrogens with zero attached hydrogens (tertiary/aromatic N) is 2. The summed E-state index contributed by atoms with van der Waals surface area (Å²) < 4.78 is 5.79. The molecule has 0 aromatic carbocycles. The molecule has 0 radical (unpaired) electrons. The molecule has 5 nitrogen and oxygen atoms in total. The van der Waals surface area contributed by atoms with Crippen molar-refractivity contribution in [2.45, 2.75) is 0 Å². The summed E-state index contributed by atoms with van der Waals surface area (Å²) in [6.07, 6.45) is 4.51. The standard InChI is InChI=1S/C11H8BrN3O2/c12-10-2-1-9(17-10)7-14-15-11(16)8-3-5-13-6-4-8/h1-7H,(H,15,16). The number of rotatable bonds is 3. The van der Waals surface area contributed by atoms with Crippen molar-refractivity contribution in [2.24, 2.45) is 5.10 Å². The first-order valence-corrected chi connectivity index (χ1v) is 5.54. The molecule has 86 valence electrons. The van der Waals surface area contributed by atoms with E-state index in [0.717, 1.165) is 0 Å². The van der Waals surface area contributed by atoms with Gasteiger partial charge < -0.3 is 4.42 Å². The molecule has 1 N–H and O–H groups in total. The van der Waals surface area contributed by atoms with Crippen molar-refractivity contribution in [2.75, 3.05) is 0 Å². The lowest BCUT2D eigenvalue weighted by molar-refractivity contribution is 0.0955. The third-order valence-corrected chi connectivity index (χ3v) is 2.32. The number of hydrogen-bond acceptors (Lipinski definition) is 4. The summed E-state index contributed by atoms with van der Waals surface area (Å²) in [5.41, 5.74) is 2.88. The molecule has 1 amide bonds. The van der Waals surface area contributed by atoms with Crippen LogP contribution in [0.1, 0.15) is 16.1 Å². The summed E-state index contributed by atoms with van der Waals surface area (Å²) in [5, 5.41) is 3.77. The maximum atomic E-state index is 11.5. The summed E-state index contributed by atoms with van der Waals surface area (Å²) >= 11 is 3.17. The molecule has 0 fully saturated rings. The number of amides is 1. The first-order valence-electron chi connectivity index (χ1n) is 4.74. The fourth-order valence-electron chi connectivity index (χ4n) is 1.12. The third kappa shape index (κ3) is 3.25. The average Bonchev–Trinajstić information content (AvgIpc) is 2.76. The lowest BCUT2D eigenvalue weighted by Gasteiger charge is -1.97. The van der Waals surface area contributed by atoms with Gasteiger partial charge in [0, 0.05) is 18.0 Å². The van der Waals surface area contributed by atoms with E-state index >= 15 is 0 Å². The van der Waals surface area contributed by atoms with E-state index in [1.165, 1.54) is 6.21 Å². The van der Waals surface area contributed by atoms with E-state index in [1.807, 2.05) is 0 Å². The highest BCUT2D eigenvalue weighted by molar-refractivity contribution is 9.10. The molecule has 6 heteroatoms. The molecule has 0 aliphatic heterocycles. The maximum absolute atomic E-state index is 11.5. The number of aromatic nitrogens is 1. The minimum Gasteiger partial charge on any atom is -0.448 e. The van der Waals surface area contributed by atoms with Gasteiger partial charge in [0.1, 0.15) is 5.76 Å². The highest BCUT2D eigenvalue weighted by Gasteiger charge is 2.02. The van der Waals surface area contributed by atoms with Crippen molar-refractivity contribution in [1.29, 1.82) is 0 Å². The normalized spacial score (nSPS) is 10.6. The van der Waals surface area contributed by atoms with Crippen LogP contribution in [0, 0.1) is 0 Å². The molecule has 0 bridgehead atoms. The number of halogens is 1. The largest absolute Gasteiger partial charge is 0.448 e. The molecular formula is C11H8BrN3O2. The van der Waals surface area contributed by atoms with Crippen LogP contribution in [0.15, 0.2) is 50.8 Å². The van der Waals surface area contributed by atoms with Gasteiger partial charge in [-0.25, -0.2) is 5.43 Å². The Morgan fingerprint density at radius 1 is 1.35 bits per heavy atom. The number of hydrogen-bond donors (Lipinski definition) is 1. The minimum absolute atomic E-state index is 0.297. The SMILES string of the molecule is O=C(NN=Cc1ccc(Br)o1)c1ccncc1. The summed E-state index contributed by atoms with van der Waals surface area (Å²) in [6, 6.07) is 6.68. The summed E-state index contributed by atoms with van der Waals surface area (Å²) in [7, 11) is 0. The number of nitrogens with one attached hydrogen (secondary N) is 1. The zero-order chi connectivity index (χ0) is 12.1. The van der Waals surface area contributed by atoms with E-state index in [0.29, 0.717) is 16.0 Å². The van der Waals surface area contributed by atoms with E-state index in [-0.39, 0.29) is 5.91 Å². The van der Waals surface area contributed by atoms with Gasteiger partial charge in [0.05, 0.1) is 6.21 Å². The van der Waals surface area contributed by atoms with Gasteiger partial charge in [-0.05, 0) is 40.2 Å². The number of carbonyl (C=O) groups excluding carboxylic acids is 1. The lowest BCUT2D eigenvalue weighted by atomic mass is 10.3. The van der Waals surface area contributed by atoms with Crippen LogP contribution in [-0.2, 0) is 0 Å². The predicted molar refractivity (Wildman–Crippen MR) is 65.7 cm³/mol. The van der Waals surface area contributed by atoms with Gasteiger partial charge in [0.25, 0.3) is 5.91 Å². The number of carbonyl (C=O) groups is 1. The third-order valence-electron chi connectivity index (χ3n) is 1.89. The molecule has 17 heavy (non-hydrogen) atoms. The summed E-state index contributed by atoms with van der Waals surface area (Å²) in [4.78, 5) is 15.4. The molecule has 2 heterocycles. The molecule has 0 atom stereocenters. The molecule has 0 aliphatic rings. The zero-order valence-electron chi connectivity index (χ0n) is 8.63. The number of hydrazone groups is 1. The van der Waals surface area contributed by atoms with Gasteiger partial charge in [0.15, 0.2) is 4.67 Å². The Balaban J connectivity index is 1.95. The van der Waals surface area contributed by atoms with Crippen molar-refractivity contribution >= 4 is 28.1 Å². The van der Waals surface area contributed by atoms with Crippen LogP contribution in [0.2, 0.25) is 0 Å². The van der Waals surface area contributed by atoms with Crippen molar-refractivity contribution in [1.82, 2.24) is 10.4 Å². The van der Waals surface area contributed by atoms with Crippen LogP contribution >= 0.6 is 15.9 Å². The maximum Gasteiger partial charge on any atom is 0.271 e. The highest BCUT2D eigenvalue weighted by atomic mass is 79.9. The van der Waals surface area contributed by atoms with Crippen LogP contribution in [0.3, 0.4) is 0 Å². The highest BCUT2D eigenvalue weighted by Crippen LogP contribution is 2.11. The molecule has 2 aromatic rings. The van der Waals surface area contributed by atoms with Crippen LogP contribution in [0.5, 0.6) is 0 Å². The van der Waals surface area contributed by atoms with Crippen molar-refractivity contribution in [3.05, 3.63) is 52.7 Å².